The number of aromatic hydroxyl groups is 1. The number of anilines is 4. The number of hydrogen-bond acceptors (Lipinski definition) is 12. The number of piperazine rings is 2. The highest BCUT2D eigenvalue weighted by molar-refractivity contribution is 5.75. The lowest BCUT2D eigenvalue weighted by Gasteiger charge is -2.61. The number of benzene rings is 1. The first-order chi connectivity index (χ1) is 22.6. The van der Waals surface area contributed by atoms with Crippen molar-refractivity contribution in [3.63, 3.8) is 0 Å². The maximum Gasteiger partial charge on any atom is 0.410 e. The molecule has 1 amide bonds. The van der Waals surface area contributed by atoms with Crippen molar-refractivity contribution < 1.29 is 14.6 Å². The molecule has 5 heterocycles. The lowest BCUT2D eigenvalue weighted by Crippen LogP contribution is -2.69. The zero-order valence-corrected chi connectivity index (χ0v) is 27.9. The van der Waals surface area contributed by atoms with Gasteiger partial charge >= 0.3 is 6.09 Å². The van der Waals surface area contributed by atoms with E-state index < -0.39 is 5.60 Å². The molecule has 13 heteroatoms. The summed E-state index contributed by atoms with van der Waals surface area (Å²) in [6.45, 7) is 14.5. The predicted molar refractivity (Wildman–Crippen MR) is 182 cm³/mol. The molecule has 1 aliphatic carbocycles. The lowest BCUT2D eigenvalue weighted by molar-refractivity contribution is -0.108. The molecule has 0 radical (unpaired) electrons. The first kappa shape index (κ1) is 31.2. The van der Waals surface area contributed by atoms with E-state index in [0.717, 1.165) is 95.7 Å². The second kappa shape index (κ2) is 12.3. The summed E-state index contributed by atoms with van der Waals surface area (Å²) in [7, 11) is 1.85. The van der Waals surface area contributed by atoms with E-state index in [2.05, 4.69) is 40.1 Å². The maximum atomic E-state index is 12.4. The fourth-order valence-corrected chi connectivity index (χ4v) is 7.43. The van der Waals surface area contributed by atoms with Crippen LogP contribution in [-0.2, 0) is 4.74 Å². The Hall–Kier alpha value is -4.39. The third-order valence-electron chi connectivity index (χ3n) is 9.92. The lowest BCUT2D eigenvalue weighted by atomic mass is 9.60. The highest BCUT2D eigenvalue weighted by atomic mass is 16.6. The van der Waals surface area contributed by atoms with Crippen molar-refractivity contribution in [2.45, 2.75) is 45.3 Å². The molecule has 250 valence electrons. The monoisotopic (exact) mass is 642 g/mol. The van der Waals surface area contributed by atoms with E-state index in [0.29, 0.717) is 28.5 Å². The van der Waals surface area contributed by atoms with Crippen molar-refractivity contribution in [1.82, 2.24) is 30.0 Å². The Morgan fingerprint density at radius 2 is 1.62 bits per heavy atom. The minimum Gasteiger partial charge on any atom is -0.507 e. The molecule has 3 aromatic rings. The molecule has 4 aliphatic rings. The maximum absolute atomic E-state index is 12.4. The number of para-hydroxylation sites is 1. The second-order valence-electron chi connectivity index (χ2n) is 14.3. The third-order valence-corrected chi connectivity index (χ3v) is 9.92. The summed E-state index contributed by atoms with van der Waals surface area (Å²) in [5.74, 6) is 2.65. The molecule has 0 unspecified atom stereocenters. The molecule has 1 spiro atoms. The topological polar surface area (TPSA) is 126 Å². The number of phenols is 1. The number of amides is 1. The average molecular weight is 643 g/mol. The summed E-state index contributed by atoms with van der Waals surface area (Å²) in [6.07, 6.45) is 4.03. The van der Waals surface area contributed by atoms with Gasteiger partial charge in [0.25, 0.3) is 0 Å². The largest absolute Gasteiger partial charge is 0.507 e. The standard InChI is InChI=1S/C34H46N10O3/c1-33(2,3)47-32(46)44-22-34(23-44)20-24(21-34)40-11-15-42(16-12-40)29-9-10-36-31(37-29)43-17-13-41(14-18-43)27-19-26(38-39-30(27)35-4)25-7-5-6-8-28(25)45/h5-10,19,24,45H,11-18,20-23H2,1-4H3,(H,35,39). The molecule has 1 aromatic carbocycles. The van der Waals surface area contributed by atoms with Crippen LogP contribution in [0, 0.1) is 5.41 Å². The number of likely N-dealkylation sites (tertiary alicyclic amines) is 1. The van der Waals surface area contributed by atoms with Crippen molar-refractivity contribution in [3.05, 3.63) is 42.6 Å². The Bertz CT molecular complexity index is 1580. The fourth-order valence-electron chi connectivity index (χ4n) is 7.43. The summed E-state index contributed by atoms with van der Waals surface area (Å²) < 4.78 is 5.54. The van der Waals surface area contributed by atoms with Gasteiger partial charge in [-0.2, -0.15) is 4.98 Å². The number of nitrogens with zero attached hydrogens (tertiary/aromatic N) is 9. The van der Waals surface area contributed by atoms with Crippen molar-refractivity contribution >= 4 is 29.4 Å². The molecule has 3 saturated heterocycles. The molecule has 0 atom stereocenters. The van der Waals surface area contributed by atoms with Crippen LogP contribution in [0.25, 0.3) is 11.3 Å². The normalized spacial score (nSPS) is 20.2. The zero-order chi connectivity index (χ0) is 32.8. The van der Waals surface area contributed by atoms with Crippen LogP contribution in [0.5, 0.6) is 5.75 Å². The summed E-state index contributed by atoms with van der Waals surface area (Å²) >= 11 is 0. The summed E-state index contributed by atoms with van der Waals surface area (Å²) in [6, 6.07) is 11.8. The minimum atomic E-state index is -0.448. The van der Waals surface area contributed by atoms with E-state index in [4.69, 9.17) is 9.72 Å². The fraction of sp³-hybridized carbons (Fsp3) is 0.559. The Labute approximate surface area is 276 Å². The Kier molecular flexibility index (Phi) is 8.19. The molecule has 4 fully saturated rings. The average Bonchev–Trinajstić information content (AvgIpc) is 3.03. The van der Waals surface area contributed by atoms with Crippen molar-refractivity contribution in [1.29, 1.82) is 0 Å². The highest BCUT2D eigenvalue weighted by Gasteiger charge is 2.55. The first-order valence-corrected chi connectivity index (χ1v) is 16.7. The van der Waals surface area contributed by atoms with Gasteiger partial charge in [0.1, 0.15) is 17.2 Å². The number of aromatic nitrogens is 4. The van der Waals surface area contributed by atoms with Crippen LogP contribution in [0.15, 0.2) is 42.6 Å². The Morgan fingerprint density at radius 1 is 0.936 bits per heavy atom. The first-order valence-electron chi connectivity index (χ1n) is 16.7. The van der Waals surface area contributed by atoms with Crippen LogP contribution in [0.1, 0.15) is 33.6 Å². The summed E-state index contributed by atoms with van der Waals surface area (Å²) in [5, 5.41) is 22.3. The van der Waals surface area contributed by atoms with Gasteiger partial charge in [0, 0.05) is 95.7 Å². The van der Waals surface area contributed by atoms with Crippen molar-refractivity contribution in [3.8, 4) is 17.0 Å². The van der Waals surface area contributed by atoms with E-state index in [1.165, 1.54) is 0 Å². The van der Waals surface area contributed by atoms with Gasteiger partial charge in [0.15, 0.2) is 5.82 Å². The van der Waals surface area contributed by atoms with Crippen LogP contribution in [0.3, 0.4) is 0 Å². The van der Waals surface area contributed by atoms with E-state index in [1.54, 1.807) is 12.1 Å². The molecule has 13 nitrogen and oxygen atoms in total. The number of hydrogen-bond donors (Lipinski definition) is 2. The quantitative estimate of drug-likeness (QED) is 0.409. The number of nitrogens with one attached hydrogen (secondary N) is 1. The van der Waals surface area contributed by atoms with Crippen LogP contribution in [0.2, 0.25) is 0 Å². The minimum absolute atomic E-state index is 0.181. The van der Waals surface area contributed by atoms with Gasteiger partial charge in [-0.15, -0.1) is 10.2 Å². The van der Waals surface area contributed by atoms with Crippen molar-refractivity contribution in [2.24, 2.45) is 5.41 Å². The van der Waals surface area contributed by atoms with Gasteiger partial charge in [0.2, 0.25) is 5.95 Å². The van der Waals surface area contributed by atoms with E-state index in [9.17, 15) is 9.90 Å². The zero-order valence-electron chi connectivity index (χ0n) is 27.9. The van der Waals surface area contributed by atoms with Gasteiger partial charge in [-0.05, 0) is 57.9 Å². The molecule has 2 aromatic heterocycles. The van der Waals surface area contributed by atoms with E-state index >= 15 is 0 Å². The van der Waals surface area contributed by atoms with Crippen LogP contribution < -0.4 is 20.0 Å². The smallest absolute Gasteiger partial charge is 0.410 e. The van der Waals surface area contributed by atoms with Crippen LogP contribution in [0.4, 0.5) is 28.1 Å². The summed E-state index contributed by atoms with van der Waals surface area (Å²) in [4.78, 5) is 33.4. The number of carbonyl (C=O) groups is 1. The van der Waals surface area contributed by atoms with Gasteiger partial charge in [0.05, 0.1) is 11.4 Å². The summed E-state index contributed by atoms with van der Waals surface area (Å²) in [5.41, 5.74) is 2.11. The number of carbonyl (C=O) groups excluding carboxylic acids is 1. The molecule has 3 aliphatic heterocycles. The molecule has 2 N–H and O–H groups in total. The van der Waals surface area contributed by atoms with Gasteiger partial charge in [-0.1, -0.05) is 12.1 Å². The predicted octanol–water partition coefficient (Wildman–Crippen LogP) is 3.53. The number of rotatable bonds is 6. The Balaban J connectivity index is 0.908. The molecule has 7 rings (SSSR count). The third kappa shape index (κ3) is 6.45. The molecular formula is C34H46N10O3. The number of ether oxygens (including phenoxy) is 1. The van der Waals surface area contributed by atoms with Crippen LogP contribution in [-0.4, -0.2) is 125 Å². The molecule has 47 heavy (non-hydrogen) atoms. The molecular weight excluding hydrogens is 596 g/mol. The van der Waals surface area contributed by atoms with E-state index in [1.807, 2.05) is 63.2 Å². The molecule has 0 bridgehead atoms. The van der Waals surface area contributed by atoms with Gasteiger partial charge in [-0.25, -0.2) is 9.78 Å². The van der Waals surface area contributed by atoms with Crippen LogP contribution >= 0.6 is 0 Å². The Morgan fingerprint density at radius 3 is 2.30 bits per heavy atom. The van der Waals surface area contributed by atoms with Crippen molar-refractivity contribution in [2.75, 3.05) is 92.5 Å². The SMILES string of the molecule is CNc1nnc(-c2ccccc2O)cc1N1CCN(c2nccc(N3CCN(C4CC5(C4)CN(C(=O)OC(C)(C)C)C5)CC3)n2)CC1. The van der Waals surface area contributed by atoms with Gasteiger partial charge < -0.3 is 34.8 Å². The van der Waals surface area contributed by atoms with Gasteiger partial charge in [-0.3, -0.25) is 4.90 Å². The highest BCUT2D eigenvalue weighted by Crippen LogP contribution is 2.50. The second-order valence-corrected chi connectivity index (χ2v) is 14.3. The molecule has 1 saturated carbocycles. The van der Waals surface area contributed by atoms with E-state index in [-0.39, 0.29) is 11.8 Å². The number of phenolic OH excluding ortho intramolecular Hbond substituents is 1.